The molecule has 0 spiro atoms. The fourth-order valence-electron chi connectivity index (χ4n) is 5.46. The normalized spacial score (nSPS) is 27.1. The first-order valence-corrected chi connectivity index (χ1v) is 14.1. The van der Waals surface area contributed by atoms with E-state index in [9.17, 15) is 23.3 Å². The molecule has 11 heteroatoms. The molecule has 2 saturated carbocycles. The quantitative estimate of drug-likeness (QED) is 0.552. The third-order valence-electron chi connectivity index (χ3n) is 7.83. The first-order chi connectivity index (χ1) is 16.7. The Morgan fingerprint density at radius 2 is 1.86 bits per heavy atom. The molecular formula is C24H30ClN5O4S. The number of carbonyl (C=O) groups is 2. The summed E-state index contributed by atoms with van der Waals surface area (Å²) in [5.74, 6) is -0.412. The SMILES string of the molecule is N#CC1(NC(=O)C[C@H]2C[C@@H](S(=O)(=O)c3ccccc3Cl)CN2C(=O)C2(N3CCNCC3)CC2)CC1. The first-order valence-electron chi connectivity index (χ1n) is 12.2. The van der Waals surface area contributed by atoms with Crippen LogP contribution in [0.3, 0.4) is 0 Å². The Hall–Kier alpha value is -2.19. The van der Waals surface area contributed by atoms with Crippen molar-refractivity contribution in [2.75, 3.05) is 32.7 Å². The van der Waals surface area contributed by atoms with Crippen LogP contribution in [0.4, 0.5) is 0 Å². The van der Waals surface area contributed by atoms with Crippen molar-refractivity contribution in [3.63, 3.8) is 0 Å². The smallest absolute Gasteiger partial charge is 0.243 e. The van der Waals surface area contributed by atoms with Crippen LogP contribution < -0.4 is 10.6 Å². The number of carbonyl (C=O) groups excluding carboxylic acids is 2. The van der Waals surface area contributed by atoms with Gasteiger partial charge in [-0.1, -0.05) is 23.7 Å². The molecule has 0 bridgehead atoms. The molecule has 35 heavy (non-hydrogen) atoms. The lowest BCUT2D eigenvalue weighted by Gasteiger charge is -2.38. The molecule has 4 aliphatic rings. The van der Waals surface area contributed by atoms with E-state index >= 15 is 0 Å². The predicted molar refractivity (Wildman–Crippen MR) is 129 cm³/mol. The van der Waals surface area contributed by atoms with E-state index in [1.807, 2.05) is 0 Å². The molecule has 2 atom stereocenters. The molecule has 5 rings (SSSR count). The highest BCUT2D eigenvalue weighted by atomic mass is 35.5. The first kappa shape index (κ1) is 24.5. The highest BCUT2D eigenvalue weighted by molar-refractivity contribution is 7.92. The van der Waals surface area contributed by atoms with Gasteiger partial charge in [0.15, 0.2) is 9.84 Å². The van der Waals surface area contributed by atoms with E-state index in [-0.39, 0.29) is 41.1 Å². The van der Waals surface area contributed by atoms with E-state index < -0.39 is 32.2 Å². The van der Waals surface area contributed by atoms with E-state index in [1.54, 1.807) is 17.0 Å². The number of amides is 2. The van der Waals surface area contributed by atoms with Crippen LogP contribution in [-0.4, -0.2) is 85.1 Å². The van der Waals surface area contributed by atoms with Gasteiger partial charge in [0.05, 0.1) is 21.2 Å². The molecule has 4 fully saturated rings. The van der Waals surface area contributed by atoms with Crippen molar-refractivity contribution < 1.29 is 18.0 Å². The minimum absolute atomic E-state index is 0.0264. The van der Waals surface area contributed by atoms with Gasteiger partial charge in [-0.15, -0.1) is 0 Å². The van der Waals surface area contributed by atoms with Crippen LogP contribution in [0, 0.1) is 11.3 Å². The maximum Gasteiger partial charge on any atom is 0.243 e. The summed E-state index contributed by atoms with van der Waals surface area (Å²) in [6.45, 7) is 3.16. The Morgan fingerprint density at radius 3 is 2.46 bits per heavy atom. The van der Waals surface area contributed by atoms with Crippen LogP contribution in [-0.2, 0) is 19.4 Å². The number of halogens is 1. The third kappa shape index (κ3) is 4.55. The second kappa shape index (κ2) is 9.04. The van der Waals surface area contributed by atoms with Gasteiger partial charge in [0.2, 0.25) is 11.8 Å². The summed E-state index contributed by atoms with van der Waals surface area (Å²) < 4.78 is 27.0. The minimum atomic E-state index is -3.82. The molecule has 188 valence electrons. The Morgan fingerprint density at radius 1 is 1.17 bits per heavy atom. The molecule has 2 saturated heterocycles. The summed E-state index contributed by atoms with van der Waals surface area (Å²) in [6.07, 6.45) is 2.82. The van der Waals surface area contributed by atoms with Gasteiger partial charge in [-0.05, 0) is 44.2 Å². The van der Waals surface area contributed by atoms with Crippen molar-refractivity contribution in [2.24, 2.45) is 0 Å². The van der Waals surface area contributed by atoms with Gasteiger partial charge in [-0.2, -0.15) is 5.26 Å². The van der Waals surface area contributed by atoms with E-state index in [0.717, 1.165) is 39.0 Å². The molecule has 1 aromatic rings. The van der Waals surface area contributed by atoms with Gasteiger partial charge >= 0.3 is 0 Å². The topological polar surface area (TPSA) is 123 Å². The highest BCUT2D eigenvalue weighted by Crippen LogP contribution is 2.46. The molecule has 2 amide bonds. The van der Waals surface area contributed by atoms with Gasteiger partial charge in [0.25, 0.3) is 0 Å². The van der Waals surface area contributed by atoms with Crippen molar-refractivity contribution in [3.05, 3.63) is 29.3 Å². The van der Waals surface area contributed by atoms with Gasteiger partial charge in [0, 0.05) is 45.2 Å². The monoisotopic (exact) mass is 519 g/mol. The summed E-state index contributed by atoms with van der Waals surface area (Å²) in [4.78, 5) is 30.6. The average Bonchev–Trinajstić information content (AvgIpc) is 3.77. The molecule has 0 aromatic heterocycles. The van der Waals surface area contributed by atoms with Crippen LogP contribution in [0.5, 0.6) is 0 Å². The zero-order chi connectivity index (χ0) is 24.8. The zero-order valence-corrected chi connectivity index (χ0v) is 21.1. The molecule has 2 N–H and O–H groups in total. The number of likely N-dealkylation sites (tertiary alicyclic amines) is 1. The third-order valence-corrected chi connectivity index (χ3v) is 10.5. The van der Waals surface area contributed by atoms with E-state index in [4.69, 9.17) is 11.6 Å². The van der Waals surface area contributed by atoms with E-state index in [1.165, 1.54) is 12.1 Å². The number of piperazine rings is 1. The Balaban J connectivity index is 1.40. The van der Waals surface area contributed by atoms with Gasteiger partial charge in [0.1, 0.15) is 11.1 Å². The number of nitriles is 1. The van der Waals surface area contributed by atoms with Crippen molar-refractivity contribution in [2.45, 2.75) is 65.8 Å². The molecule has 0 unspecified atom stereocenters. The molecule has 2 aliphatic heterocycles. The van der Waals surface area contributed by atoms with E-state index in [0.29, 0.717) is 12.8 Å². The number of nitrogens with zero attached hydrogens (tertiary/aromatic N) is 3. The van der Waals surface area contributed by atoms with Gasteiger partial charge < -0.3 is 15.5 Å². The Bertz CT molecular complexity index is 1170. The summed E-state index contributed by atoms with van der Waals surface area (Å²) in [6, 6.07) is 7.91. The zero-order valence-electron chi connectivity index (χ0n) is 19.5. The van der Waals surface area contributed by atoms with Crippen LogP contribution in [0.25, 0.3) is 0 Å². The Kier molecular flexibility index (Phi) is 6.33. The number of hydrogen-bond acceptors (Lipinski definition) is 7. The second-order valence-corrected chi connectivity index (χ2v) is 12.8. The molecule has 2 heterocycles. The molecule has 2 aliphatic carbocycles. The molecule has 9 nitrogen and oxygen atoms in total. The minimum Gasteiger partial charge on any atom is -0.338 e. The lowest BCUT2D eigenvalue weighted by molar-refractivity contribution is -0.140. The summed E-state index contributed by atoms with van der Waals surface area (Å²) in [7, 11) is -3.82. The summed E-state index contributed by atoms with van der Waals surface area (Å²) >= 11 is 6.22. The van der Waals surface area contributed by atoms with Crippen molar-refractivity contribution in [1.29, 1.82) is 5.26 Å². The number of rotatable bonds is 7. The lowest BCUT2D eigenvalue weighted by atomic mass is 10.1. The van der Waals surface area contributed by atoms with Crippen LogP contribution >= 0.6 is 11.6 Å². The number of benzene rings is 1. The van der Waals surface area contributed by atoms with Crippen molar-refractivity contribution >= 4 is 33.3 Å². The fraction of sp³-hybridized carbons (Fsp3) is 0.625. The lowest BCUT2D eigenvalue weighted by Crippen LogP contribution is -2.57. The predicted octanol–water partition coefficient (Wildman–Crippen LogP) is 1.08. The number of sulfone groups is 1. The fourth-order valence-corrected chi connectivity index (χ4v) is 7.72. The molecular weight excluding hydrogens is 490 g/mol. The number of nitrogens with one attached hydrogen (secondary N) is 2. The standard InChI is InChI=1S/C24H30ClN5O4S/c25-19-3-1-2-4-20(19)35(33,34)18-13-17(14-21(31)28-23(16-26)5-6-23)30(15-18)22(32)24(7-8-24)29-11-9-27-10-12-29/h1-4,17-18,27H,5-15H2,(H,28,31)/t17-,18-/m1/s1. The average molecular weight is 520 g/mol. The van der Waals surface area contributed by atoms with E-state index in [2.05, 4.69) is 21.6 Å². The molecule has 0 radical (unpaired) electrons. The van der Waals surface area contributed by atoms with Crippen LogP contribution in [0.1, 0.15) is 38.5 Å². The Labute approximate surface area is 210 Å². The van der Waals surface area contributed by atoms with Gasteiger partial charge in [-0.3, -0.25) is 14.5 Å². The largest absolute Gasteiger partial charge is 0.338 e. The molecule has 1 aromatic carbocycles. The summed E-state index contributed by atoms with van der Waals surface area (Å²) in [5.41, 5.74) is -1.42. The summed E-state index contributed by atoms with van der Waals surface area (Å²) in [5, 5.41) is 14.7. The van der Waals surface area contributed by atoms with Gasteiger partial charge in [-0.25, -0.2) is 8.42 Å². The number of hydrogen-bond donors (Lipinski definition) is 2. The highest BCUT2D eigenvalue weighted by Gasteiger charge is 2.58. The van der Waals surface area contributed by atoms with Crippen molar-refractivity contribution in [1.82, 2.24) is 20.4 Å². The second-order valence-electron chi connectivity index (χ2n) is 10.2. The maximum absolute atomic E-state index is 13.9. The maximum atomic E-state index is 13.9. The van der Waals surface area contributed by atoms with Crippen LogP contribution in [0.15, 0.2) is 29.2 Å². The van der Waals surface area contributed by atoms with Crippen LogP contribution in [0.2, 0.25) is 5.02 Å². The van der Waals surface area contributed by atoms with Crippen molar-refractivity contribution in [3.8, 4) is 6.07 Å².